The second-order valence-electron chi connectivity index (χ2n) is 6.40. The number of anilines is 1. The highest BCUT2D eigenvalue weighted by Crippen LogP contribution is 2.24. The monoisotopic (exact) mass is 313 g/mol. The van der Waals surface area contributed by atoms with Crippen LogP contribution in [0.25, 0.3) is 11.3 Å². The minimum absolute atomic E-state index is 0.250. The van der Waals surface area contributed by atoms with Crippen molar-refractivity contribution < 1.29 is 4.39 Å². The summed E-state index contributed by atoms with van der Waals surface area (Å²) in [7, 11) is 0. The summed E-state index contributed by atoms with van der Waals surface area (Å²) in [5.41, 5.74) is 7.70. The van der Waals surface area contributed by atoms with Crippen LogP contribution in [0.4, 0.5) is 10.2 Å². The van der Waals surface area contributed by atoms with Gasteiger partial charge < -0.3 is 11.1 Å². The molecule has 23 heavy (non-hydrogen) atoms. The smallest absolute Gasteiger partial charge is 0.132 e. The Hall–Kier alpha value is -1.94. The Balaban J connectivity index is 1.60. The molecule has 3 nitrogen and oxygen atoms in total. The topological polar surface area (TPSA) is 50.9 Å². The Morgan fingerprint density at radius 3 is 2.70 bits per heavy atom. The Bertz CT molecular complexity index is 651. The van der Waals surface area contributed by atoms with E-state index in [2.05, 4.69) is 10.3 Å². The number of pyridine rings is 1. The maximum absolute atomic E-state index is 14.3. The molecule has 0 atom stereocenters. The van der Waals surface area contributed by atoms with Crippen LogP contribution in [0.5, 0.6) is 0 Å². The molecular formula is C19H24FN3. The number of nitrogen functional groups attached to an aromatic ring is 1. The molecule has 3 rings (SSSR count). The Labute approximate surface area is 137 Å². The predicted octanol–water partition coefficient (Wildman–Crippen LogP) is 4.14. The lowest BCUT2D eigenvalue weighted by Crippen LogP contribution is -2.24. The summed E-state index contributed by atoms with van der Waals surface area (Å²) in [4.78, 5) is 4.18. The van der Waals surface area contributed by atoms with Crippen LogP contribution >= 0.6 is 0 Å². The molecule has 1 aliphatic rings. The molecule has 0 amide bonds. The van der Waals surface area contributed by atoms with Gasteiger partial charge in [0, 0.05) is 12.1 Å². The fraction of sp³-hybridized carbons (Fsp3) is 0.421. The van der Waals surface area contributed by atoms with E-state index >= 15 is 0 Å². The summed E-state index contributed by atoms with van der Waals surface area (Å²) in [6, 6.07) is 10.6. The van der Waals surface area contributed by atoms with Crippen LogP contribution < -0.4 is 11.1 Å². The van der Waals surface area contributed by atoms with Crippen LogP contribution in [0.15, 0.2) is 36.4 Å². The third-order valence-corrected chi connectivity index (χ3v) is 4.57. The van der Waals surface area contributed by atoms with Gasteiger partial charge in [-0.3, -0.25) is 0 Å². The van der Waals surface area contributed by atoms with Crippen LogP contribution in [0, 0.1) is 11.7 Å². The highest BCUT2D eigenvalue weighted by molar-refractivity contribution is 5.61. The first-order valence-electron chi connectivity index (χ1n) is 8.44. The largest absolute Gasteiger partial charge is 0.384 e. The molecule has 1 aromatic carbocycles. The van der Waals surface area contributed by atoms with Crippen molar-refractivity contribution in [1.29, 1.82) is 0 Å². The van der Waals surface area contributed by atoms with Gasteiger partial charge >= 0.3 is 0 Å². The van der Waals surface area contributed by atoms with Gasteiger partial charge in [0.25, 0.3) is 0 Å². The number of hydrogen-bond donors (Lipinski definition) is 2. The normalized spacial score (nSPS) is 15.7. The van der Waals surface area contributed by atoms with Crippen LogP contribution in [0.2, 0.25) is 0 Å². The molecule has 1 aromatic heterocycles. The molecule has 0 radical (unpaired) electrons. The van der Waals surface area contributed by atoms with E-state index in [9.17, 15) is 4.39 Å². The summed E-state index contributed by atoms with van der Waals surface area (Å²) >= 11 is 0. The quantitative estimate of drug-likeness (QED) is 0.872. The van der Waals surface area contributed by atoms with E-state index in [-0.39, 0.29) is 5.82 Å². The van der Waals surface area contributed by atoms with E-state index in [1.165, 1.54) is 32.1 Å². The summed E-state index contributed by atoms with van der Waals surface area (Å²) in [6.07, 6.45) is 6.72. The van der Waals surface area contributed by atoms with Crippen molar-refractivity contribution in [1.82, 2.24) is 10.3 Å². The lowest BCUT2D eigenvalue weighted by atomic mass is 9.89. The SMILES string of the molecule is Nc1cccc(-c2ccc(CNCC3CCCCC3)cc2F)n1. The van der Waals surface area contributed by atoms with Crippen molar-refractivity contribution in [3.8, 4) is 11.3 Å². The third-order valence-electron chi connectivity index (χ3n) is 4.57. The lowest BCUT2D eigenvalue weighted by molar-refractivity contribution is 0.342. The zero-order valence-electron chi connectivity index (χ0n) is 13.4. The van der Waals surface area contributed by atoms with Gasteiger partial charge in [0.05, 0.1) is 5.69 Å². The highest BCUT2D eigenvalue weighted by Gasteiger charge is 2.13. The number of nitrogens with two attached hydrogens (primary N) is 1. The van der Waals surface area contributed by atoms with Gasteiger partial charge in [0.15, 0.2) is 0 Å². The zero-order chi connectivity index (χ0) is 16.1. The number of hydrogen-bond acceptors (Lipinski definition) is 3. The molecule has 3 N–H and O–H groups in total. The van der Waals surface area contributed by atoms with E-state index < -0.39 is 0 Å². The summed E-state index contributed by atoms with van der Waals surface area (Å²) < 4.78 is 14.3. The Morgan fingerprint density at radius 2 is 1.96 bits per heavy atom. The Morgan fingerprint density at radius 1 is 1.13 bits per heavy atom. The van der Waals surface area contributed by atoms with Gasteiger partial charge in [0.1, 0.15) is 11.6 Å². The van der Waals surface area contributed by atoms with Crippen molar-refractivity contribution >= 4 is 5.82 Å². The first-order chi connectivity index (χ1) is 11.2. The first kappa shape index (κ1) is 15.9. The maximum atomic E-state index is 14.3. The van der Waals surface area contributed by atoms with Gasteiger partial charge in [0.2, 0.25) is 0 Å². The van der Waals surface area contributed by atoms with Crippen molar-refractivity contribution in [2.75, 3.05) is 12.3 Å². The molecule has 1 fully saturated rings. The average molecular weight is 313 g/mol. The highest BCUT2D eigenvalue weighted by atomic mass is 19.1. The lowest BCUT2D eigenvalue weighted by Gasteiger charge is -2.21. The van der Waals surface area contributed by atoms with Crippen molar-refractivity contribution in [3.63, 3.8) is 0 Å². The molecule has 0 bridgehead atoms. The van der Waals surface area contributed by atoms with E-state index in [1.807, 2.05) is 6.07 Å². The molecule has 0 unspecified atom stereocenters. The fourth-order valence-electron chi connectivity index (χ4n) is 3.29. The van der Waals surface area contributed by atoms with Gasteiger partial charge in [-0.1, -0.05) is 31.4 Å². The molecule has 2 aromatic rings. The van der Waals surface area contributed by atoms with Gasteiger partial charge in [-0.05, 0) is 55.1 Å². The number of nitrogens with one attached hydrogen (secondary N) is 1. The van der Waals surface area contributed by atoms with Gasteiger partial charge in [-0.15, -0.1) is 0 Å². The van der Waals surface area contributed by atoms with Crippen molar-refractivity contribution in [3.05, 3.63) is 47.8 Å². The average Bonchev–Trinajstić information content (AvgIpc) is 2.56. The van der Waals surface area contributed by atoms with Gasteiger partial charge in [-0.2, -0.15) is 0 Å². The summed E-state index contributed by atoms with van der Waals surface area (Å²) in [6.45, 7) is 1.73. The minimum atomic E-state index is -0.250. The number of halogens is 1. The van der Waals surface area contributed by atoms with E-state index in [0.29, 0.717) is 23.6 Å². The fourth-order valence-corrected chi connectivity index (χ4v) is 3.29. The zero-order valence-corrected chi connectivity index (χ0v) is 13.4. The van der Waals surface area contributed by atoms with Crippen LogP contribution in [-0.4, -0.2) is 11.5 Å². The maximum Gasteiger partial charge on any atom is 0.132 e. The Kier molecular flexibility index (Phi) is 5.23. The molecule has 1 saturated carbocycles. The van der Waals surface area contributed by atoms with E-state index in [1.54, 1.807) is 30.3 Å². The molecule has 1 heterocycles. The number of rotatable bonds is 5. The first-order valence-corrected chi connectivity index (χ1v) is 8.44. The van der Waals surface area contributed by atoms with Crippen LogP contribution in [0.3, 0.4) is 0 Å². The van der Waals surface area contributed by atoms with E-state index in [4.69, 9.17) is 5.73 Å². The van der Waals surface area contributed by atoms with E-state index in [0.717, 1.165) is 18.0 Å². The predicted molar refractivity (Wildman–Crippen MR) is 92.3 cm³/mol. The van der Waals surface area contributed by atoms with Crippen LogP contribution in [0.1, 0.15) is 37.7 Å². The standard InChI is InChI=1S/C19H24FN3/c20-17-11-15(13-22-12-14-5-2-1-3-6-14)9-10-16(17)18-7-4-8-19(21)23-18/h4,7-11,14,22H,1-3,5-6,12-13H2,(H2,21,23). The van der Waals surface area contributed by atoms with Crippen molar-refractivity contribution in [2.45, 2.75) is 38.6 Å². The number of aromatic nitrogens is 1. The molecule has 1 aliphatic carbocycles. The molecule has 122 valence electrons. The minimum Gasteiger partial charge on any atom is -0.384 e. The van der Waals surface area contributed by atoms with Crippen molar-refractivity contribution in [2.24, 2.45) is 5.92 Å². The molecule has 4 heteroatoms. The molecule has 0 spiro atoms. The summed E-state index contributed by atoms with van der Waals surface area (Å²) in [5, 5.41) is 3.46. The second kappa shape index (κ2) is 7.55. The summed E-state index contributed by atoms with van der Waals surface area (Å²) in [5.74, 6) is 0.935. The second-order valence-corrected chi connectivity index (χ2v) is 6.40. The molecule has 0 aliphatic heterocycles. The number of nitrogens with zero attached hydrogens (tertiary/aromatic N) is 1. The molecule has 0 saturated heterocycles. The number of benzene rings is 1. The van der Waals surface area contributed by atoms with Crippen LogP contribution in [-0.2, 0) is 6.54 Å². The molecular weight excluding hydrogens is 289 g/mol. The third kappa shape index (κ3) is 4.29. The van der Waals surface area contributed by atoms with Gasteiger partial charge in [-0.25, -0.2) is 9.37 Å².